The van der Waals surface area contributed by atoms with Crippen molar-refractivity contribution in [3.05, 3.63) is 47.0 Å². The summed E-state index contributed by atoms with van der Waals surface area (Å²) in [5, 5.41) is 49.1. The summed E-state index contributed by atoms with van der Waals surface area (Å²) < 4.78 is 0. The first kappa shape index (κ1) is 17.6. The lowest BCUT2D eigenvalue weighted by atomic mass is 10.0. The largest absolute Gasteiger partial charge is 0.508 e. The van der Waals surface area contributed by atoms with Crippen LogP contribution in [-0.2, 0) is 11.2 Å². The molecule has 0 atom stereocenters. The van der Waals surface area contributed by atoms with Crippen LogP contribution < -0.4 is 5.32 Å². The number of aromatic carboxylic acids is 1. The van der Waals surface area contributed by atoms with Gasteiger partial charge in [-0.1, -0.05) is 0 Å². The summed E-state index contributed by atoms with van der Waals surface area (Å²) in [6, 6.07) is 5.26. The zero-order chi connectivity index (χ0) is 18.7. The lowest BCUT2D eigenvalue weighted by molar-refractivity contribution is -0.136. The second-order valence-corrected chi connectivity index (χ2v) is 5.06. The van der Waals surface area contributed by atoms with Crippen LogP contribution in [-0.4, -0.2) is 43.4 Å². The summed E-state index contributed by atoms with van der Waals surface area (Å²) in [4.78, 5) is 33.8. The fraction of sp³-hybridized carbons (Fsp3) is 0.0625. The maximum Gasteiger partial charge on any atom is 0.339 e. The van der Waals surface area contributed by atoms with Crippen LogP contribution in [0.25, 0.3) is 0 Å². The summed E-state index contributed by atoms with van der Waals surface area (Å²) in [6.45, 7) is 0. The molecule has 25 heavy (non-hydrogen) atoms. The highest BCUT2D eigenvalue weighted by molar-refractivity contribution is 6.07. The quantitative estimate of drug-likeness (QED) is 0.441. The van der Waals surface area contributed by atoms with Crippen molar-refractivity contribution in [3.8, 4) is 17.2 Å². The van der Waals surface area contributed by atoms with E-state index in [1.807, 2.05) is 0 Å². The zero-order valence-electron chi connectivity index (χ0n) is 12.6. The molecule has 2 aromatic rings. The number of phenols is 3. The van der Waals surface area contributed by atoms with Crippen molar-refractivity contribution in [1.82, 2.24) is 0 Å². The number of phenolic OH excluding ortho intramolecular Hbond substituents is 2. The van der Waals surface area contributed by atoms with Crippen LogP contribution in [0.2, 0.25) is 0 Å². The Kier molecular flexibility index (Phi) is 4.78. The molecule has 0 saturated heterocycles. The molecule has 0 aliphatic heterocycles. The molecule has 1 amide bonds. The number of hydrogen-bond acceptors (Lipinski definition) is 6. The number of benzene rings is 2. The van der Waals surface area contributed by atoms with Gasteiger partial charge in [0.1, 0.15) is 22.8 Å². The number of amides is 1. The normalized spacial score (nSPS) is 10.2. The van der Waals surface area contributed by atoms with E-state index in [-0.39, 0.29) is 22.4 Å². The molecule has 2 aromatic carbocycles. The lowest BCUT2D eigenvalue weighted by Gasteiger charge is -2.11. The van der Waals surface area contributed by atoms with Gasteiger partial charge in [-0.15, -0.1) is 0 Å². The molecule has 0 fully saturated rings. The monoisotopic (exact) mass is 347 g/mol. The first-order valence-corrected chi connectivity index (χ1v) is 6.83. The van der Waals surface area contributed by atoms with E-state index in [0.717, 1.165) is 24.3 Å². The molecule has 6 N–H and O–H groups in total. The van der Waals surface area contributed by atoms with Crippen LogP contribution in [0.3, 0.4) is 0 Å². The number of anilines is 1. The Hall–Kier alpha value is -3.75. The number of carbonyl (C=O) groups excluding carboxylic acids is 1. The maximum absolute atomic E-state index is 12.2. The van der Waals surface area contributed by atoms with Gasteiger partial charge in [-0.2, -0.15) is 0 Å². The fourth-order valence-electron chi connectivity index (χ4n) is 2.14. The molecular formula is C16H13NO8. The number of rotatable bonds is 5. The molecule has 0 aromatic heterocycles. The highest BCUT2D eigenvalue weighted by atomic mass is 16.4. The van der Waals surface area contributed by atoms with Gasteiger partial charge >= 0.3 is 11.9 Å². The van der Waals surface area contributed by atoms with Crippen LogP contribution in [0.15, 0.2) is 30.3 Å². The number of hydrogen-bond donors (Lipinski definition) is 6. The molecular weight excluding hydrogens is 334 g/mol. The van der Waals surface area contributed by atoms with Gasteiger partial charge in [0, 0.05) is 17.3 Å². The van der Waals surface area contributed by atoms with E-state index in [0.29, 0.717) is 0 Å². The summed E-state index contributed by atoms with van der Waals surface area (Å²) in [5.41, 5.74) is -0.850. The van der Waals surface area contributed by atoms with E-state index in [1.165, 1.54) is 6.07 Å². The summed E-state index contributed by atoms with van der Waals surface area (Å²) in [7, 11) is 0. The minimum Gasteiger partial charge on any atom is -0.508 e. The van der Waals surface area contributed by atoms with Gasteiger partial charge in [-0.3, -0.25) is 9.59 Å². The van der Waals surface area contributed by atoms with E-state index in [2.05, 4.69) is 5.32 Å². The number of nitrogens with one attached hydrogen (secondary N) is 1. The SMILES string of the molecule is O=C(O)Cc1cc(O)cc(C(=O)Nc2ccc(C(=O)O)c(O)c2)c1O. The summed E-state index contributed by atoms with van der Waals surface area (Å²) >= 11 is 0. The number of carboxylic acids is 2. The third kappa shape index (κ3) is 3.96. The number of carbonyl (C=O) groups is 3. The molecule has 0 bridgehead atoms. The summed E-state index contributed by atoms with van der Waals surface area (Å²) in [6.07, 6.45) is -0.603. The minimum atomic E-state index is -1.35. The van der Waals surface area contributed by atoms with Crippen LogP contribution in [0.1, 0.15) is 26.3 Å². The average molecular weight is 347 g/mol. The molecule has 2 rings (SSSR count). The van der Waals surface area contributed by atoms with Crippen molar-refractivity contribution < 1.29 is 39.9 Å². The number of carboxylic acid groups (broad SMARTS) is 2. The van der Waals surface area contributed by atoms with E-state index >= 15 is 0 Å². The van der Waals surface area contributed by atoms with Gasteiger partial charge in [0.25, 0.3) is 5.91 Å². The predicted octanol–water partition coefficient (Wildman–Crippen LogP) is 1.38. The molecule has 0 spiro atoms. The third-order valence-electron chi connectivity index (χ3n) is 3.25. The van der Waals surface area contributed by atoms with Crippen molar-refractivity contribution in [2.45, 2.75) is 6.42 Å². The first-order chi connectivity index (χ1) is 11.7. The molecule has 0 aliphatic rings. The molecule has 130 valence electrons. The van der Waals surface area contributed by atoms with Crippen molar-refractivity contribution in [2.24, 2.45) is 0 Å². The maximum atomic E-state index is 12.2. The lowest BCUT2D eigenvalue weighted by Crippen LogP contribution is -2.13. The molecule has 0 radical (unpaired) electrons. The average Bonchev–Trinajstić information content (AvgIpc) is 2.49. The van der Waals surface area contributed by atoms with Crippen LogP contribution in [0.5, 0.6) is 17.2 Å². The Morgan fingerprint density at radius 1 is 0.920 bits per heavy atom. The van der Waals surface area contributed by atoms with E-state index < -0.39 is 41.5 Å². The van der Waals surface area contributed by atoms with Gasteiger partial charge in [0.15, 0.2) is 0 Å². The third-order valence-corrected chi connectivity index (χ3v) is 3.25. The zero-order valence-corrected chi connectivity index (χ0v) is 12.6. The number of aliphatic carboxylic acids is 1. The summed E-state index contributed by atoms with van der Waals surface area (Å²) in [5.74, 6) is -5.09. The van der Waals surface area contributed by atoms with Crippen LogP contribution >= 0.6 is 0 Å². The highest BCUT2D eigenvalue weighted by Crippen LogP contribution is 2.30. The van der Waals surface area contributed by atoms with Gasteiger partial charge in [-0.25, -0.2) is 4.79 Å². The van der Waals surface area contributed by atoms with E-state index in [9.17, 15) is 29.7 Å². The first-order valence-electron chi connectivity index (χ1n) is 6.83. The second kappa shape index (κ2) is 6.79. The Labute approximate surface area is 140 Å². The highest BCUT2D eigenvalue weighted by Gasteiger charge is 2.19. The Balaban J connectivity index is 2.32. The second-order valence-electron chi connectivity index (χ2n) is 5.06. The van der Waals surface area contributed by atoms with Gasteiger partial charge < -0.3 is 30.8 Å². The Morgan fingerprint density at radius 3 is 2.16 bits per heavy atom. The number of aromatic hydroxyl groups is 3. The molecule has 9 nitrogen and oxygen atoms in total. The van der Waals surface area contributed by atoms with Gasteiger partial charge in [-0.05, 0) is 24.3 Å². The minimum absolute atomic E-state index is 0.0371. The van der Waals surface area contributed by atoms with E-state index in [4.69, 9.17) is 10.2 Å². The smallest absolute Gasteiger partial charge is 0.339 e. The Morgan fingerprint density at radius 2 is 1.60 bits per heavy atom. The van der Waals surface area contributed by atoms with Crippen molar-refractivity contribution >= 4 is 23.5 Å². The fourth-order valence-corrected chi connectivity index (χ4v) is 2.14. The molecule has 0 heterocycles. The molecule has 0 aliphatic carbocycles. The molecule has 0 saturated carbocycles. The van der Waals surface area contributed by atoms with Crippen LogP contribution in [0.4, 0.5) is 5.69 Å². The van der Waals surface area contributed by atoms with Gasteiger partial charge in [0.2, 0.25) is 0 Å². The van der Waals surface area contributed by atoms with E-state index in [1.54, 1.807) is 0 Å². The van der Waals surface area contributed by atoms with Crippen molar-refractivity contribution in [1.29, 1.82) is 0 Å². The van der Waals surface area contributed by atoms with Crippen molar-refractivity contribution in [2.75, 3.05) is 5.32 Å². The van der Waals surface area contributed by atoms with Crippen LogP contribution in [0, 0.1) is 0 Å². The topological polar surface area (TPSA) is 164 Å². The Bertz CT molecular complexity index is 875. The standard InChI is InChI=1S/C16H13NO8/c18-9-3-7(4-13(20)21)14(22)11(6-9)15(23)17-8-1-2-10(16(24)25)12(19)5-8/h1-3,5-6,18-19,22H,4H2,(H,17,23)(H,20,21)(H,24,25). The molecule has 9 heteroatoms. The molecule has 0 unspecified atom stereocenters. The predicted molar refractivity (Wildman–Crippen MR) is 84.1 cm³/mol. The van der Waals surface area contributed by atoms with Crippen molar-refractivity contribution in [3.63, 3.8) is 0 Å². The van der Waals surface area contributed by atoms with Gasteiger partial charge in [0.05, 0.1) is 12.0 Å².